The smallest absolute Gasteiger partial charge is 0.372 e. The number of carboxylic acid groups (broad SMARTS) is 1. The number of carboxylic acids is 1. The third kappa shape index (κ3) is 2.21. The fourth-order valence-corrected chi connectivity index (χ4v) is 3.37. The van der Waals surface area contributed by atoms with E-state index in [1.165, 1.54) is 11.3 Å². The topological polar surface area (TPSA) is 83.0 Å². The largest absolute Gasteiger partial charge is 0.475 e. The molecule has 21 heavy (non-hydrogen) atoms. The number of aromatic nitrogens is 2. The van der Waals surface area contributed by atoms with Crippen LogP contribution in [0.4, 0.5) is 0 Å². The molecule has 108 valence electrons. The first kappa shape index (κ1) is 13.8. The van der Waals surface area contributed by atoms with Gasteiger partial charge in [-0.1, -0.05) is 32.9 Å². The van der Waals surface area contributed by atoms with E-state index in [0.717, 1.165) is 15.6 Å². The minimum atomic E-state index is -1.23. The number of nitrogens with one attached hydrogen (secondary N) is 1. The summed E-state index contributed by atoms with van der Waals surface area (Å²) in [6.45, 7) is 6.36. The van der Waals surface area contributed by atoms with Crippen LogP contribution in [0.3, 0.4) is 0 Å². The number of thiophene rings is 1. The second-order valence-corrected chi connectivity index (χ2v) is 6.99. The summed E-state index contributed by atoms with van der Waals surface area (Å²) in [5.41, 5.74) is 0.764. The van der Waals surface area contributed by atoms with Crippen LogP contribution >= 0.6 is 11.3 Å². The molecule has 0 saturated carbocycles. The molecule has 1 aromatic carbocycles. The lowest BCUT2D eigenvalue weighted by molar-refractivity contribution is 0.0683. The van der Waals surface area contributed by atoms with Crippen LogP contribution in [-0.4, -0.2) is 21.0 Å². The number of hydrogen-bond donors (Lipinski definition) is 2. The van der Waals surface area contributed by atoms with Gasteiger partial charge in [0.05, 0.1) is 5.39 Å². The summed E-state index contributed by atoms with van der Waals surface area (Å²) in [4.78, 5) is 29.9. The van der Waals surface area contributed by atoms with Gasteiger partial charge < -0.3 is 10.1 Å². The molecule has 0 unspecified atom stereocenters. The van der Waals surface area contributed by atoms with Crippen LogP contribution in [0.5, 0.6) is 0 Å². The molecule has 0 spiro atoms. The van der Waals surface area contributed by atoms with Crippen molar-refractivity contribution in [3.8, 4) is 0 Å². The maximum absolute atomic E-state index is 12.1. The normalized spacial score (nSPS) is 12.1. The average Bonchev–Trinajstić information content (AvgIpc) is 2.74. The number of carbonyl (C=O) groups is 1. The second kappa shape index (κ2) is 4.39. The molecule has 3 aromatic rings. The van der Waals surface area contributed by atoms with Crippen molar-refractivity contribution in [2.75, 3.05) is 0 Å². The number of fused-ring (bicyclic) bond motifs is 3. The number of benzene rings is 1. The molecule has 0 amide bonds. The molecule has 6 heteroatoms. The molecule has 0 atom stereocenters. The summed E-state index contributed by atoms with van der Waals surface area (Å²) < 4.78 is 0.943. The number of nitrogens with zero attached hydrogens (tertiary/aromatic N) is 1. The monoisotopic (exact) mass is 302 g/mol. The van der Waals surface area contributed by atoms with Crippen LogP contribution in [0, 0.1) is 0 Å². The molecule has 0 aliphatic heterocycles. The first-order valence-electron chi connectivity index (χ1n) is 6.48. The second-order valence-electron chi connectivity index (χ2n) is 5.96. The third-order valence-corrected chi connectivity index (χ3v) is 4.46. The number of rotatable bonds is 1. The Balaban J connectivity index is 2.37. The minimum Gasteiger partial charge on any atom is -0.475 e. The van der Waals surface area contributed by atoms with Crippen LogP contribution < -0.4 is 5.56 Å². The molecule has 0 radical (unpaired) electrons. The Labute approximate surface area is 124 Å². The predicted octanol–water partition coefficient (Wildman–Crippen LogP) is 3.13. The zero-order chi connectivity index (χ0) is 15.4. The fraction of sp³-hybridized carbons (Fsp3) is 0.267. The first-order chi connectivity index (χ1) is 9.77. The highest BCUT2D eigenvalue weighted by Gasteiger charge is 2.18. The summed E-state index contributed by atoms with van der Waals surface area (Å²) >= 11 is 1.34. The van der Waals surface area contributed by atoms with E-state index in [1.807, 2.05) is 18.2 Å². The van der Waals surface area contributed by atoms with E-state index in [9.17, 15) is 9.59 Å². The highest BCUT2D eigenvalue weighted by Crippen LogP contribution is 2.34. The molecule has 0 aliphatic rings. The lowest BCUT2D eigenvalue weighted by Gasteiger charge is -2.18. The van der Waals surface area contributed by atoms with Crippen molar-refractivity contribution < 1.29 is 9.90 Å². The molecule has 2 N–H and O–H groups in total. The summed E-state index contributed by atoms with van der Waals surface area (Å²) in [5.74, 6) is -1.56. The van der Waals surface area contributed by atoms with Gasteiger partial charge in [0.2, 0.25) is 5.82 Å². The van der Waals surface area contributed by atoms with E-state index in [-0.39, 0.29) is 11.2 Å². The standard InChI is InChI=1S/C15H14N2O3S/c1-15(2,3)7-4-5-8-9(6-7)21-13-10(8)12(18)16-11(17-13)14(19)20/h4-6H,1-3H3,(H,19,20)(H,16,17,18). The maximum atomic E-state index is 12.1. The van der Waals surface area contributed by atoms with Crippen molar-refractivity contribution in [2.45, 2.75) is 26.2 Å². The van der Waals surface area contributed by atoms with Crippen LogP contribution in [0.1, 0.15) is 37.0 Å². The summed E-state index contributed by atoms with van der Waals surface area (Å²) in [6.07, 6.45) is 0. The van der Waals surface area contributed by atoms with Gasteiger partial charge in [0, 0.05) is 10.1 Å². The molecular weight excluding hydrogens is 288 g/mol. The van der Waals surface area contributed by atoms with Crippen LogP contribution in [-0.2, 0) is 5.41 Å². The van der Waals surface area contributed by atoms with Gasteiger partial charge in [0.25, 0.3) is 5.56 Å². The third-order valence-electron chi connectivity index (χ3n) is 3.41. The molecule has 0 aliphatic carbocycles. The Bertz CT molecular complexity index is 932. The molecular formula is C15H14N2O3S. The highest BCUT2D eigenvalue weighted by molar-refractivity contribution is 7.25. The zero-order valence-electron chi connectivity index (χ0n) is 11.9. The first-order valence-corrected chi connectivity index (χ1v) is 7.29. The van der Waals surface area contributed by atoms with Crippen molar-refractivity contribution in [2.24, 2.45) is 0 Å². The summed E-state index contributed by atoms with van der Waals surface area (Å²) in [7, 11) is 0. The summed E-state index contributed by atoms with van der Waals surface area (Å²) in [6, 6.07) is 5.95. The van der Waals surface area contributed by atoms with Crippen molar-refractivity contribution >= 4 is 37.6 Å². The molecule has 2 aromatic heterocycles. The molecule has 0 bridgehead atoms. The Morgan fingerprint density at radius 3 is 2.67 bits per heavy atom. The van der Waals surface area contributed by atoms with Crippen LogP contribution in [0.2, 0.25) is 0 Å². The number of aromatic carboxylic acids is 1. The van der Waals surface area contributed by atoms with Crippen molar-refractivity contribution in [1.29, 1.82) is 0 Å². The van der Waals surface area contributed by atoms with Gasteiger partial charge in [-0.05, 0) is 17.0 Å². The van der Waals surface area contributed by atoms with E-state index in [4.69, 9.17) is 5.11 Å². The van der Waals surface area contributed by atoms with Crippen molar-refractivity contribution in [3.63, 3.8) is 0 Å². The highest BCUT2D eigenvalue weighted by atomic mass is 32.1. The minimum absolute atomic E-state index is 0.0104. The Morgan fingerprint density at radius 1 is 1.33 bits per heavy atom. The van der Waals surface area contributed by atoms with E-state index in [2.05, 4.69) is 30.7 Å². The van der Waals surface area contributed by atoms with Gasteiger partial charge in [-0.3, -0.25) is 4.79 Å². The van der Waals surface area contributed by atoms with Crippen LogP contribution in [0.25, 0.3) is 20.3 Å². The van der Waals surface area contributed by atoms with E-state index in [1.54, 1.807) is 0 Å². The van der Waals surface area contributed by atoms with Gasteiger partial charge in [-0.25, -0.2) is 9.78 Å². The molecule has 5 nitrogen and oxygen atoms in total. The number of hydrogen-bond acceptors (Lipinski definition) is 4. The number of H-pyrrole nitrogens is 1. The quantitative estimate of drug-likeness (QED) is 0.723. The zero-order valence-corrected chi connectivity index (χ0v) is 12.7. The SMILES string of the molecule is CC(C)(C)c1ccc2c(c1)sc1nc(C(=O)O)[nH]c(=O)c12. The predicted molar refractivity (Wildman–Crippen MR) is 83.4 cm³/mol. The van der Waals surface area contributed by atoms with Crippen molar-refractivity contribution in [1.82, 2.24) is 9.97 Å². The van der Waals surface area contributed by atoms with Gasteiger partial charge in [0.15, 0.2) is 0 Å². The maximum Gasteiger partial charge on any atom is 0.372 e. The lowest BCUT2D eigenvalue weighted by atomic mass is 9.87. The molecule has 0 fully saturated rings. The lowest BCUT2D eigenvalue weighted by Crippen LogP contribution is -2.14. The van der Waals surface area contributed by atoms with E-state index in [0.29, 0.717) is 10.2 Å². The van der Waals surface area contributed by atoms with Gasteiger partial charge in [-0.2, -0.15) is 0 Å². The molecule has 3 rings (SSSR count). The average molecular weight is 302 g/mol. The Kier molecular flexibility index (Phi) is 2.88. The van der Waals surface area contributed by atoms with E-state index >= 15 is 0 Å². The molecule has 0 saturated heterocycles. The summed E-state index contributed by atoms with van der Waals surface area (Å²) in [5, 5.41) is 10.2. The van der Waals surface area contributed by atoms with E-state index < -0.39 is 11.5 Å². The van der Waals surface area contributed by atoms with Gasteiger partial charge in [-0.15, -0.1) is 11.3 Å². The molecule has 2 heterocycles. The number of aromatic amines is 1. The van der Waals surface area contributed by atoms with Gasteiger partial charge in [0.1, 0.15) is 4.83 Å². The van der Waals surface area contributed by atoms with Gasteiger partial charge >= 0.3 is 5.97 Å². The Hall–Kier alpha value is -2.21. The van der Waals surface area contributed by atoms with Crippen LogP contribution in [0.15, 0.2) is 23.0 Å². The fourth-order valence-electron chi connectivity index (χ4n) is 2.25. The Morgan fingerprint density at radius 2 is 2.05 bits per heavy atom. The van der Waals surface area contributed by atoms with Crippen molar-refractivity contribution in [3.05, 3.63) is 39.9 Å².